The molecule has 2 N–H and O–H groups in total. The van der Waals surface area contributed by atoms with E-state index in [0.717, 1.165) is 0 Å². The molecule has 6 nitrogen and oxygen atoms in total. The normalized spacial score (nSPS) is 12.7. The van der Waals surface area contributed by atoms with Crippen molar-refractivity contribution >= 4 is 21.7 Å². The van der Waals surface area contributed by atoms with E-state index in [1.165, 1.54) is 31.2 Å². The van der Waals surface area contributed by atoms with Crippen LogP contribution in [-0.4, -0.2) is 37.2 Å². The lowest BCUT2D eigenvalue weighted by Crippen LogP contribution is -2.40. The number of sulfone groups is 1. The number of nitrogens with one attached hydrogen (secondary N) is 1. The molecule has 0 fully saturated rings. The van der Waals surface area contributed by atoms with Gasteiger partial charge in [-0.3, -0.25) is 4.79 Å². The van der Waals surface area contributed by atoms with Crippen LogP contribution < -0.4 is 5.32 Å². The van der Waals surface area contributed by atoms with Crippen LogP contribution in [0.15, 0.2) is 29.2 Å². The summed E-state index contributed by atoms with van der Waals surface area (Å²) in [4.78, 5) is 23.1. The minimum Gasteiger partial charge on any atom is -0.480 e. The Morgan fingerprint density at radius 3 is 2.19 bits per heavy atom. The quantitative estimate of drug-likeness (QED) is 0.793. The number of amides is 1. The minimum atomic E-state index is -3.31. The summed E-state index contributed by atoms with van der Waals surface area (Å²) < 4.78 is 23.3. The zero-order valence-electron chi connectivity index (χ0n) is 12.0. The zero-order chi connectivity index (χ0) is 16.0. The first-order chi connectivity index (χ1) is 9.81. The van der Waals surface area contributed by atoms with Gasteiger partial charge in [0.05, 0.1) is 10.6 Å². The third-order valence-corrected chi connectivity index (χ3v) is 4.79. The molecule has 0 aliphatic heterocycles. The highest BCUT2D eigenvalue weighted by molar-refractivity contribution is 7.91. The molecule has 1 aromatic carbocycles. The first-order valence-electron chi connectivity index (χ1n) is 6.68. The fraction of sp³-hybridized carbons (Fsp3) is 0.429. The topological polar surface area (TPSA) is 101 Å². The highest BCUT2D eigenvalue weighted by atomic mass is 32.2. The summed E-state index contributed by atoms with van der Waals surface area (Å²) in [5.41, 5.74) is 0.229. The van der Waals surface area contributed by atoms with Crippen molar-refractivity contribution in [3.8, 4) is 0 Å². The third kappa shape index (κ3) is 4.56. The van der Waals surface area contributed by atoms with Gasteiger partial charge < -0.3 is 10.4 Å². The second-order valence-corrected chi connectivity index (χ2v) is 6.86. The summed E-state index contributed by atoms with van der Waals surface area (Å²) in [6, 6.07) is 4.51. The summed E-state index contributed by atoms with van der Waals surface area (Å²) >= 11 is 0. The number of hydrogen-bond acceptors (Lipinski definition) is 4. The summed E-state index contributed by atoms with van der Waals surface area (Å²) in [5.74, 6) is -1.64. The van der Waals surface area contributed by atoms with Crippen LogP contribution in [0.3, 0.4) is 0 Å². The monoisotopic (exact) mass is 313 g/mol. The molecule has 116 valence electrons. The SMILES string of the molecule is CCCC(NC(=O)c1ccc(S(=O)(=O)CC)cc1)C(=O)O. The maximum Gasteiger partial charge on any atom is 0.326 e. The molecule has 1 unspecified atom stereocenters. The highest BCUT2D eigenvalue weighted by Crippen LogP contribution is 2.12. The van der Waals surface area contributed by atoms with Crippen molar-refractivity contribution in [2.45, 2.75) is 37.6 Å². The molecule has 0 aliphatic carbocycles. The maximum atomic E-state index is 11.9. The maximum absolute atomic E-state index is 11.9. The Balaban J connectivity index is 2.87. The number of carbonyl (C=O) groups is 2. The van der Waals surface area contributed by atoms with Gasteiger partial charge >= 0.3 is 5.97 Å². The van der Waals surface area contributed by atoms with E-state index in [4.69, 9.17) is 5.11 Å². The van der Waals surface area contributed by atoms with Gasteiger partial charge in [0.1, 0.15) is 6.04 Å². The van der Waals surface area contributed by atoms with Crippen molar-refractivity contribution < 1.29 is 23.1 Å². The Labute approximate surface area is 124 Å². The van der Waals surface area contributed by atoms with Gasteiger partial charge in [-0.2, -0.15) is 0 Å². The fourth-order valence-corrected chi connectivity index (χ4v) is 2.65. The average molecular weight is 313 g/mol. The van der Waals surface area contributed by atoms with Gasteiger partial charge in [0, 0.05) is 5.56 Å². The lowest BCUT2D eigenvalue weighted by atomic mass is 10.1. The number of carboxylic acid groups (broad SMARTS) is 1. The molecule has 0 bridgehead atoms. The molecule has 1 amide bonds. The molecule has 0 radical (unpaired) electrons. The largest absolute Gasteiger partial charge is 0.480 e. The van der Waals surface area contributed by atoms with E-state index in [-0.39, 0.29) is 16.2 Å². The Morgan fingerprint density at radius 2 is 1.76 bits per heavy atom. The van der Waals surface area contributed by atoms with Gasteiger partial charge in [0.15, 0.2) is 9.84 Å². The van der Waals surface area contributed by atoms with E-state index in [0.29, 0.717) is 12.8 Å². The van der Waals surface area contributed by atoms with Crippen LogP contribution >= 0.6 is 0 Å². The van der Waals surface area contributed by atoms with E-state index >= 15 is 0 Å². The van der Waals surface area contributed by atoms with E-state index < -0.39 is 27.8 Å². The molecule has 0 spiro atoms. The lowest BCUT2D eigenvalue weighted by Gasteiger charge is -2.13. The molecule has 0 aromatic heterocycles. The van der Waals surface area contributed by atoms with Crippen molar-refractivity contribution in [1.29, 1.82) is 0 Å². The van der Waals surface area contributed by atoms with Crippen molar-refractivity contribution in [1.82, 2.24) is 5.32 Å². The van der Waals surface area contributed by atoms with E-state index in [1.807, 2.05) is 6.92 Å². The zero-order valence-corrected chi connectivity index (χ0v) is 12.8. The minimum absolute atomic E-state index is 0.0177. The number of hydrogen-bond donors (Lipinski definition) is 2. The average Bonchev–Trinajstić information content (AvgIpc) is 2.46. The van der Waals surface area contributed by atoms with Gasteiger partial charge in [0.2, 0.25) is 0 Å². The van der Waals surface area contributed by atoms with Gasteiger partial charge in [0.25, 0.3) is 5.91 Å². The van der Waals surface area contributed by atoms with Crippen molar-refractivity contribution in [3.05, 3.63) is 29.8 Å². The number of carbonyl (C=O) groups excluding carboxylic acids is 1. The van der Waals surface area contributed by atoms with Crippen molar-refractivity contribution in [2.75, 3.05) is 5.75 Å². The van der Waals surface area contributed by atoms with Crippen LogP contribution in [0.5, 0.6) is 0 Å². The molecule has 1 aromatic rings. The van der Waals surface area contributed by atoms with Crippen molar-refractivity contribution in [3.63, 3.8) is 0 Å². The number of benzene rings is 1. The fourth-order valence-electron chi connectivity index (χ4n) is 1.77. The number of rotatable bonds is 7. The molecule has 21 heavy (non-hydrogen) atoms. The Kier molecular flexibility index (Phi) is 5.90. The molecular weight excluding hydrogens is 294 g/mol. The summed E-state index contributed by atoms with van der Waals surface area (Å²) in [6.07, 6.45) is 0.967. The molecule has 0 heterocycles. The molecule has 1 rings (SSSR count). The Hall–Kier alpha value is -1.89. The number of carboxylic acids is 1. The second kappa shape index (κ2) is 7.21. The number of aliphatic carboxylic acids is 1. The molecular formula is C14H19NO5S. The summed E-state index contributed by atoms with van der Waals surface area (Å²) in [5, 5.41) is 11.4. The van der Waals surface area contributed by atoms with Gasteiger partial charge in [-0.1, -0.05) is 20.3 Å². The molecule has 0 aliphatic rings. The predicted octanol–water partition coefficient (Wildman–Crippen LogP) is 1.46. The predicted molar refractivity (Wildman–Crippen MR) is 78.0 cm³/mol. The summed E-state index contributed by atoms with van der Waals surface area (Å²) in [7, 11) is -3.31. The van der Waals surface area contributed by atoms with Gasteiger partial charge in [-0.05, 0) is 30.7 Å². The highest BCUT2D eigenvalue weighted by Gasteiger charge is 2.20. The van der Waals surface area contributed by atoms with E-state index in [2.05, 4.69) is 5.32 Å². The van der Waals surface area contributed by atoms with Crippen LogP contribution in [-0.2, 0) is 14.6 Å². The Bertz CT molecular complexity index is 607. The van der Waals surface area contributed by atoms with Gasteiger partial charge in [-0.15, -0.1) is 0 Å². The smallest absolute Gasteiger partial charge is 0.326 e. The molecule has 0 saturated carbocycles. The van der Waals surface area contributed by atoms with Crippen LogP contribution in [0.2, 0.25) is 0 Å². The van der Waals surface area contributed by atoms with Crippen LogP contribution in [0.4, 0.5) is 0 Å². The third-order valence-electron chi connectivity index (χ3n) is 3.04. The molecule has 7 heteroatoms. The van der Waals surface area contributed by atoms with Crippen LogP contribution in [0.1, 0.15) is 37.0 Å². The molecule has 1 atom stereocenters. The summed E-state index contributed by atoms with van der Waals surface area (Å²) in [6.45, 7) is 3.37. The van der Waals surface area contributed by atoms with Crippen LogP contribution in [0, 0.1) is 0 Å². The lowest BCUT2D eigenvalue weighted by molar-refractivity contribution is -0.139. The standard InChI is InChI=1S/C14H19NO5S/c1-3-5-12(14(17)18)15-13(16)10-6-8-11(9-7-10)21(19,20)4-2/h6-9,12H,3-5H2,1-2H3,(H,15,16)(H,17,18). The van der Waals surface area contributed by atoms with Gasteiger partial charge in [-0.25, -0.2) is 13.2 Å². The second-order valence-electron chi connectivity index (χ2n) is 4.58. The van der Waals surface area contributed by atoms with Crippen molar-refractivity contribution in [2.24, 2.45) is 0 Å². The Morgan fingerprint density at radius 1 is 1.19 bits per heavy atom. The first-order valence-corrected chi connectivity index (χ1v) is 8.33. The van der Waals surface area contributed by atoms with E-state index in [9.17, 15) is 18.0 Å². The first kappa shape index (κ1) is 17.2. The molecule has 0 saturated heterocycles. The van der Waals surface area contributed by atoms with Crippen LogP contribution in [0.25, 0.3) is 0 Å². The van der Waals surface area contributed by atoms with E-state index in [1.54, 1.807) is 0 Å².